The largest absolute Gasteiger partial charge is 0.497 e. The Morgan fingerprint density at radius 2 is 2.05 bits per heavy atom. The van der Waals surface area contributed by atoms with Crippen LogP contribution in [0.2, 0.25) is 0 Å². The molecule has 2 aromatic rings. The molecule has 8 heteroatoms. The van der Waals surface area contributed by atoms with E-state index in [1.165, 1.54) is 13.2 Å². The van der Waals surface area contributed by atoms with Crippen LogP contribution in [0.3, 0.4) is 0 Å². The van der Waals surface area contributed by atoms with Crippen LogP contribution in [0.5, 0.6) is 5.75 Å². The molecule has 1 aromatic carbocycles. The fraction of sp³-hybridized carbons (Fsp3) is 0.0909. The van der Waals surface area contributed by atoms with Crippen LogP contribution < -0.4 is 15.2 Å². The molecule has 0 aliphatic carbocycles. The molecule has 1 aromatic heterocycles. The Kier molecular flexibility index (Phi) is 4.02. The summed E-state index contributed by atoms with van der Waals surface area (Å²) < 4.78 is 32.7. The van der Waals surface area contributed by atoms with E-state index in [-0.39, 0.29) is 4.21 Å². The van der Waals surface area contributed by atoms with Crippen LogP contribution in [0.4, 0.5) is 11.4 Å². The molecule has 0 radical (unpaired) electrons. The lowest BCUT2D eigenvalue weighted by Gasteiger charge is -2.08. The van der Waals surface area contributed by atoms with E-state index in [2.05, 4.69) is 20.7 Å². The van der Waals surface area contributed by atoms with Gasteiger partial charge in [-0.1, -0.05) is 15.9 Å². The number of nitrogen functional groups attached to an aromatic ring is 1. The van der Waals surface area contributed by atoms with Crippen molar-refractivity contribution in [3.63, 3.8) is 0 Å². The summed E-state index contributed by atoms with van der Waals surface area (Å²) >= 11 is 4.36. The molecule has 0 saturated carbocycles. The number of nitrogens with two attached hydrogens (primary N) is 1. The second kappa shape index (κ2) is 5.40. The van der Waals surface area contributed by atoms with E-state index in [0.29, 0.717) is 17.1 Å². The number of benzene rings is 1. The maximum absolute atomic E-state index is 12.1. The van der Waals surface area contributed by atoms with Crippen LogP contribution in [0.25, 0.3) is 0 Å². The Labute approximate surface area is 123 Å². The van der Waals surface area contributed by atoms with Gasteiger partial charge in [-0.15, -0.1) is 11.3 Å². The molecule has 3 N–H and O–H groups in total. The molecule has 0 aliphatic heterocycles. The Bertz CT molecular complexity index is 698. The first-order chi connectivity index (χ1) is 8.90. The number of nitrogens with one attached hydrogen (secondary N) is 1. The van der Waals surface area contributed by atoms with Gasteiger partial charge in [0, 0.05) is 21.6 Å². The zero-order chi connectivity index (χ0) is 14.0. The van der Waals surface area contributed by atoms with Crippen molar-refractivity contribution >= 4 is 48.7 Å². The van der Waals surface area contributed by atoms with Gasteiger partial charge in [0.25, 0.3) is 10.0 Å². The third kappa shape index (κ3) is 3.40. The van der Waals surface area contributed by atoms with E-state index in [9.17, 15) is 8.42 Å². The van der Waals surface area contributed by atoms with Crippen LogP contribution in [-0.4, -0.2) is 15.5 Å². The summed E-state index contributed by atoms with van der Waals surface area (Å²) in [5, 5.41) is 1.58. The van der Waals surface area contributed by atoms with E-state index in [1.54, 1.807) is 23.6 Å². The van der Waals surface area contributed by atoms with Crippen molar-refractivity contribution in [1.29, 1.82) is 0 Å². The first kappa shape index (κ1) is 14.2. The molecule has 5 nitrogen and oxygen atoms in total. The van der Waals surface area contributed by atoms with Gasteiger partial charge in [-0.3, -0.25) is 4.72 Å². The summed E-state index contributed by atoms with van der Waals surface area (Å²) in [4.78, 5) is 0. The first-order valence-corrected chi connectivity index (χ1v) is 8.28. The molecule has 1 heterocycles. The third-order valence-electron chi connectivity index (χ3n) is 2.22. The monoisotopic (exact) mass is 362 g/mol. The molecule has 2 rings (SSSR count). The van der Waals surface area contributed by atoms with Crippen molar-refractivity contribution in [3.05, 3.63) is 34.1 Å². The molecule has 0 atom stereocenters. The highest BCUT2D eigenvalue weighted by Gasteiger charge is 2.17. The summed E-state index contributed by atoms with van der Waals surface area (Å²) in [6, 6.07) is 6.40. The van der Waals surface area contributed by atoms with Crippen molar-refractivity contribution in [3.8, 4) is 5.75 Å². The number of thiophene rings is 1. The second-order valence-electron chi connectivity index (χ2n) is 3.68. The summed E-state index contributed by atoms with van der Waals surface area (Å²) in [6.07, 6.45) is 0. The number of sulfonamides is 1. The maximum Gasteiger partial charge on any atom is 0.271 e. The SMILES string of the molecule is COc1cc(Br)cc(NS(=O)(=O)c2cc(N)cs2)c1. The lowest BCUT2D eigenvalue weighted by atomic mass is 10.3. The molecule has 102 valence electrons. The predicted octanol–water partition coefficient (Wildman–Crippen LogP) is 2.90. The van der Waals surface area contributed by atoms with Crippen LogP contribution in [0.15, 0.2) is 38.3 Å². The average Bonchev–Trinajstić information content (AvgIpc) is 2.75. The van der Waals surface area contributed by atoms with Gasteiger partial charge in [0.05, 0.1) is 12.8 Å². The van der Waals surface area contributed by atoms with Crippen LogP contribution in [0, 0.1) is 0 Å². The minimum absolute atomic E-state index is 0.170. The molecule has 0 unspecified atom stereocenters. The maximum atomic E-state index is 12.1. The van der Waals surface area contributed by atoms with Crippen molar-refractivity contribution in [2.24, 2.45) is 0 Å². The van der Waals surface area contributed by atoms with E-state index in [0.717, 1.165) is 15.8 Å². The molecular weight excluding hydrogens is 352 g/mol. The van der Waals surface area contributed by atoms with Crippen molar-refractivity contribution in [2.45, 2.75) is 4.21 Å². The number of methoxy groups -OCH3 is 1. The van der Waals surface area contributed by atoms with Crippen LogP contribution in [0.1, 0.15) is 0 Å². The minimum atomic E-state index is -3.62. The number of anilines is 2. The Morgan fingerprint density at radius 1 is 1.32 bits per heavy atom. The highest BCUT2D eigenvalue weighted by Crippen LogP contribution is 2.28. The van der Waals surface area contributed by atoms with Gasteiger partial charge < -0.3 is 10.5 Å². The molecule has 0 bridgehead atoms. The molecule has 0 saturated heterocycles. The molecule has 0 aliphatic rings. The zero-order valence-electron chi connectivity index (χ0n) is 9.88. The van der Waals surface area contributed by atoms with E-state index >= 15 is 0 Å². The average molecular weight is 363 g/mol. The number of halogens is 1. The smallest absolute Gasteiger partial charge is 0.271 e. The zero-order valence-corrected chi connectivity index (χ0v) is 13.1. The number of ether oxygens (including phenoxy) is 1. The summed E-state index contributed by atoms with van der Waals surface area (Å²) in [7, 11) is -2.11. The Morgan fingerprint density at radius 3 is 2.63 bits per heavy atom. The first-order valence-electron chi connectivity index (χ1n) is 5.12. The van der Waals surface area contributed by atoms with Crippen molar-refractivity contribution in [1.82, 2.24) is 0 Å². The van der Waals surface area contributed by atoms with Gasteiger partial charge in [-0.2, -0.15) is 0 Å². The molecular formula is C11H11BrN2O3S2. The molecule has 0 amide bonds. The quantitative estimate of drug-likeness (QED) is 0.875. The number of hydrogen-bond acceptors (Lipinski definition) is 5. The lowest BCUT2D eigenvalue weighted by molar-refractivity contribution is 0.415. The normalized spacial score (nSPS) is 11.3. The number of hydrogen-bond donors (Lipinski definition) is 2. The Hall–Kier alpha value is -1.25. The van der Waals surface area contributed by atoms with Gasteiger partial charge >= 0.3 is 0 Å². The van der Waals surface area contributed by atoms with Gasteiger partial charge in [0.2, 0.25) is 0 Å². The summed E-state index contributed by atoms with van der Waals surface area (Å²) in [5.41, 5.74) is 6.37. The van der Waals surface area contributed by atoms with Gasteiger partial charge in [-0.25, -0.2) is 8.42 Å². The highest BCUT2D eigenvalue weighted by atomic mass is 79.9. The third-order valence-corrected chi connectivity index (χ3v) is 5.52. The van der Waals surface area contributed by atoms with Crippen molar-refractivity contribution in [2.75, 3.05) is 17.6 Å². The fourth-order valence-corrected chi connectivity index (χ4v) is 4.01. The second-order valence-corrected chi connectivity index (χ2v) is 7.42. The summed E-state index contributed by atoms with van der Waals surface area (Å²) in [6.45, 7) is 0. The van der Waals surface area contributed by atoms with Gasteiger partial charge in [0.15, 0.2) is 0 Å². The van der Waals surface area contributed by atoms with Gasteiger partial charge in [-0.05, 0) is 18.2 Å². The topological polar surface area (TPSA) is 81.4 Å². The minimum Gasteiger partial charge on any atom is -0.497 e. The summed E-state index contributed by atoms with van der Waals surface area (Å²) in [5.74, 6) is 0.553. The van der Waals surface area contributed by atoms with E-state index in [4.69, 9.17) is 10.5 Å². The van der Waals surface area contributed by atoms with Crippen LogP contribution in [-0.2, 0) is 10.0 Å². The standard InChI is InChI=1S/C11H11BrN2O3S2/c1-17-10-3-7(12)2-9(5-10)14-19(15,16)11-4-8(13)6-18-11/h2-6,14H,13H2,1H3. The predicted molar refractivity (Wildman–Crippen MR) is 80.2 cm³/mol. The van der Waals surface area contributed by atoms with E-state index in [1.807, 2.05) is 0 Å². The number of rotatable bonds is 4. The molecule has 0 spiro atoms. The fourth-order valence-electron chi connectivity index (χ4n) is 1.42. The molecule has 0 fully saturated rings. The molecule has 19 heavy (non-hydrogen) atoms. The van der Waals surface area contributed by atoms with Gasteiger partial charge in [0.1, 0.15) is 9.96 Å². The lowest BCUT2D eigenvalue weighted by Crippen LogP contribution is -2.11. The Balaban J connectivity index is 2.32. The van der Waals surface area contributed by atoms with E-state index < -0.39 is 10.0 Å². The van der Waals surface area contributed by atoms with Crippen molar-refractivity contribution < 1.29 is 13.2 Å². The highest BCUT2D eigenvalue weighted by molar-refractivity contribution is 9.10. The van der Waals surface area contributed by atoms with Crippen LogP contribution >= 0.6 is 27.3 Å².